The van der Waals surface area contributed by atoms with E-state index in [9.17, 15) is 9.18 Å². The molecule has 0 saturated heterocycles. The average Bonchev–Trinajstić information content (AvgIpc) is 2.86. The number of nitrogens with one attached hydrogen (secondary N) is 2. The number of halogens is 1. The van der Waals surface area contributed by atoms with Crippen molar-refractivity contribution in [3.63, 3.8) is 0 Å². The van der Waals surface area contributed by atoms with Crippen molar-refractivity contribution in [1.82, 2.24) is 15.2 Å². The predicted molar refractivity (Wildman–Crippen MR) is 80.4 cm³/mol. The number of aromatic nitrogens is 1. The third-order valence-corrected chi connectivity index (χ3v) is 3.07. The lowest BCUT2D eigenvalue weighted by Crippen LogP contribution is -2.39. The first-order valence-electron chi connectivity index (χ1n) is 6.98. The molecule has 0 radical (unpaired) electrons. The van der Waals surface area contributed by atoms with E-state index in [0.29, 0.717) is 18.7 Å². The van der Waals surface area contributed by atoms with Gasteiger partial charge in [0, 0.05) is 23.5 Å². The zero-order chi connectivity index (χ0) is 15.2. The minimum absolute atomic E-state index is 0.0928. The van der Waals surface area contributed by atoms with Gasteiger partial charge in [0.05, 0.1) is 13.1 Å². The summed E-state index contributed by atoms with van der Waals surface area (Å²) in [5.41, 5.74) is 1.55. The Morgan fingerprint density at radius 1 is 1.24 bits per heavy atom. The lowest BCUT2D eigenvalue weighted by Gasteiger charge is -2.13. The average molecular weight is 289 g/mol. The zero-order valence-electron chi connectivity index (χ0n) is 12.3. The Morgan fingerprint density at radius 3 is 2.71 bits per heavy atom. The van der Waals surface area contributed by atoms with Crippen LogP contribution in [0.1, 0.15) is 25.1 Å². The van der Waals surface area contributed by atoms with E-state index in [1.54, 1.807) is 12.1 Å². The highest BCUT2D eigenvalue weighted by Crippen LogP contribution is 2.11. The van der Waals surface area contributed by atoms with Gasteiger partial charge in [0.1, 0.15) is 5.82 Å². The molecule has 0 aliphatic heterocycles. The first-order chi connectivity index (χ1) is 10.1. The monoisotopic (exact) mass is 289 g/mol. The molecule has 0 bridgehead atoms. The summed E-state index contributed by atoms with van der Waals surface area (Å²) in [6, 6.07) is 10.4. The summed E-state index contributed by atoms with van der Waals surface area (Å²) in [5.74, 6) is -0.220. The maximum absolute atomic E-state index is 13.7. The largest absolute Gasteiger partial charge is 0.345 e. The Kier molecular flexibility index (Phi) is 4.98. The van der Waals surface area contributed by atoms with Crippen LogP contribution >= 0.6 is 0 Å². The molecule has 2 amide bonds. The first kappa shape index (κ1) is 15.1. The van der Waals surface area contributed by atoms with Crippen LogP contribution in [0.15, 0.2) is 42.6 Å². The number of amides is 2. The predicted octanol–water partition coefficient (Wildman–Crippen LogP) is 2.88. The van der Waals surface area contributed by atoms with Gasteiger partial charge >= 0.3 is 6.03 Å². The van der Waals surface area contributed by atoms with Gasteiger partial charge in [-0.3, -0.25) is 0 Å². The van der Waals surface area contributed by atoms with E-state index in [0.717, 1.165) is 5.69 Å². The van der Waals surface area contributed by atoms with E-state index < -0.39 is 0 Å². The molecule has 0 fully saturated rings. The summed E-state index contributed by atoms with van der Waals surface area (Å²) in [4.78, 5) is 11.6. The fourth-order valence-electron chi connectivity index (χ4n) is 2.06. The molecule has 2 N–H and O–H groups in total. The number of hydrogen-bond donors (Lipinski definition) is 2. The molecule has 1 aromatic heterocycles. The topological polar surface area (TPSA) is 46.1 Å². The molecule has 4 nitrogen and oxygen atoms in total. The maximum Gasteiger partial charge on any atom is 0.315 e. The number of rotatable bonds is 5. The Labute approximate surface area is 124 Å². The summed E-state index contributed by atoms with van der Waals surface area (Å²) in [6.07, 6.45) is 1.88. The lowest BCUT2D eigenvalue weighted by atomic mass is 10.2. The fraction of sp³-hybridized carbons (Fsp3) is 0.312. The van der Waals surface area contributed by atoms with Crippen LogP contribution in [0, 0.1) is 5.82 Å². The minimum Gasteiger partial charge on any atom is -0.345 e. The van der Waals surface area contributed by atoms with Crippen LogP contribution in [-0.4, -0.2) is 16.6 Å². The van der Waals surface area contributed by atoms with Crippen molar-refractivity contribution in [3.05, 3.63) is 59.7 Å². The number of urea groups is 1. The third kappa shape index (κ3) is 4.34. The van der Waals surface area contributed by atoms with Gasteiger partial charge in [-0.2, -0.15) is 0 Å². The van der Waals surface area contributed by atoms with Crippen molar-refractivity contribution in [2.45, 2.75) is 33.0 Å². The molecular weight excluding hydrogens is 269 g/mol. The van der Waals surface area contributed by atoms with Crippen molar-refractivity contribution in [3.8, 4) is 0 Å². The molecule has 1 aromatic carbocycles. The van der Waals surface area contributed by atoms with E-state index in [2.05, 4.69) is 10.6 Å². The van der Waals surface area contributed by atoms with E-state index in [1.165, 1.54) is 6.07 Å². The van der Waals surface area contributed by atoms with Gasteiger partial charge in [-0.1, -0.05) is 18.2 Å². The number of carbonyl (C=O) groups is 1. The van der Waals surface area contributed by atoms with Gasteiger partial charge in [0.15, 0.2) is 0 Å². The van der Waals surface area contributed by atoms with Crippen molar-refractivity contribution < 1.29 is 9.18 Å². The Balaban J connectivity index is 1.99. The summed E-state index contributed by atoms with van der Waals surface area (Å²) in [6.45, 7) is 4.66. The summed E-state index contributed by atoms with van der Waals surface area (Å²) < 4.78 is 15.6. The van der Waals surface area contributed by atoms with Gasteiger partial charge in [0.25, 0.3) is 0 Å². The Bertz CT molecular complexity index is 607. The molecule has 5 heteroatoms. The molecule has 0 aliphatic rings. The summed E-state index contributed by atoms with van der Waals surface area (Å²) in [7, 11) is 0. The summed E-state index contributed by atoms with van der Waals surface area (Å²) >= 11 is 0. The second kappa shape index (κ2) is 6.92. The molecule has 2 rings (SSSR count). The standard InChI is InChI=1S/C16H20FN3O/c1-12(2)19-16(21)18-10-14-7-5-9-20(14)11-13-6-3-4-8-15(13)17/h3-9,12H,10-11H2,1-2H3,(H2,18,19,21). The molecule has 1 heterocycles. The van der Waals surface area contributed by atoms with Crippen LogP contribution < -0.4 is 10.6 Å². The van der Waals surface area contributed by atoms with Crippen molar-refractivity contribution >= 4 is 6.03 Å². The molecule has 0 atom stereocenters. The van der Waals surface area contributed by atoms with Gasteiger partial charge < -0.3 is 15.2 Å². The Hall–Kier alpha value is -2.30. The molecule has 112 valence electrons. The molecule has 0 aliphatic carbocycles. The SMILES string of the molecule is CC(C)NC(=O)NCc1cccn1Cc1ccccc1F. The smallest absolute Gasteiger partial charge is 0.315 e. The quantitative estimate of drug-likeness (QED) is 0.873. The van der Waals surface area contributed by atoms with E-state index in [-0.39, 0.29) is 17.9 Å². The molecule has 21 heavy (non-hydrogen) atoms. The second-order valence-corrected chi connectivity index (χ2v) is 5.20. The molecule has 0 spiro atoms. The number of benzene rings is 1. The molecule has 0 unspecified atom stereocenters. The van der Waals surface area contributed by atoms with E-state index in [1.807, 2.05) is 42.8 Å². The van der Waals surface area contributed by atoms with E-state index >= 15 is 0 Å². The van der Waals surface area contributed by atoms with Gasteiger partial charge in [0.2, 0.25) is 0 Å². The van der Waals surface area contributed by atoms with Crippen molar-refractivity contribution in [1.29, 1.82) is 0 Å². The van der Waals surface area contributed by atoms with Crippen LogP contribution in [0.2, 0.25) is 0 Å². The van der Waals surface area contributed by atoms with Crippen LogP contribution in [0.25, 0.3) is 0 Å². The fourth-order valence-corrected chi connectivity index (χ4v) is 2.06. The third-order valence-electron chi connectivity index (χ3n) is 3.07. The highest BCUT2D eigenvalue weighted by molar-refractivity contribution is 5.74. The zero-order valence-corrected chi connectivity index (χ0v) is 12.3. The molecule has 2 aromatic rings. The highest BCUT2D eigenvalue weighted by Gasteiger charge is 2.07. The number of hydrogen-bond acceptors (Lipinski definition) is 1. The second-order valence-electron chi connectivity index (χ2n) is 5.20. The van der Waals surface area contributed by atoms with Crippen molar-refractivity contribution in [2.24, 2.45) is 0 Å². The van der Waals surface area contributed by atoms with Gasteiger partial charge in [-0.15, -0.1) is 0 Å². The van der Waals surface area contributed by atoms with Crippen LogP contribution in [0.5, 0.6) is 0 Å². The maximum atomic E-state index is 13.7. The van der Waals surface area contributed by atoms with Crippen LogP contribution in [-0.2, 0) is 13.1 Å². The van der Waals surface area contributed by atoms with Crippen LogP contribution in [0.3, 0.4) is 0 Å². The van der Waals surface area contributed by atoms with Gasteiger partial charge in [-0.25, -0.2) is 9.18 Å². The summed E-state index contributed by atoms with van der Waals surface area (Å²) in [5, 5.41) is 5.56. The van der Waals surface area contributed by atoms with Crippen molar-refractivity contribution in [2.75, 3.05) is 0 Å². The van der Waals surface area contributed by atoms with E-state index in [4.69, 9.17) is 0 Å². The molecule has 0 saturated carbocycles. The van der Waals surface area contributed by atoms with Crippen LogP contribution in [0.4, 0.5) is 9.18 Å². The highest BCUT2D eigenvalue weighted by atomic mass is 19.1. The number of nitrogens with zero attached hydrogens (tertiary/aromatic N) is 1. The van der Waals surface area contributed by atoms with Gasteiger partial charge in [-0.05, 0) is 32.0 Å². The minimum atomic E-state index is -0.220. The normalized spacial score (nSPS) is 10.7. The Morgan fingerprint density at radius 2 is 2.00 bits per heavy atom. The first-order valence-corrected chi connectivity index (χ1v) is 6.98. The number of carbonyl (C=O) groups excluding carboxylic acids is 1. The lowest BCUT2D eigenvalue weighted by molar-refractivity contribution is 0.238. The molecular formula is C16H20FN3O.